The van der Waals surface area contributed by atoms with E-state index in [1.807, 2.05) is 18.2 Å². The van der Waals surface area contributed by atoms with Gasteiger partial charge in [-0.05, 0) is 25.5 Å². The molecule has 0 aliphatic carbocycles. The molecule has 0 aliphatic heterocycles. The molecule has 0 unspecified atom stereocenters. The average molecular weight is 419 g/mol. The maximum absolute atomic E-state index is 12.4. The van der Waals surface area contributed by atoms with Crippen LogP contribution in [-0.2, 0) is 9.59 Å². The summed E-state index contributed by atoms with van der Waals surface area (Å²) in [5, 5.41) is 15.3. The predicted molar refractivity (Wildman–Crippen MR) is 124 cm³/mol. The van der Waals surface area contributed by atoms with Crippen LogP contribution in [0.1, 0.15) is 97.3 Å². The van der Waals surface area contributed by atoms with Gasteiger partial charge in [0.1, 0.15) is 6.04 Å². The Balaban J connectivity index is 2.11. The molecule has 1 aromatic carbocycles. The normalized spacial score (nSPS) is 12.9. The van der Waals surface area contributed by atoms with Crippen LogP contribution >= 0.6 is 0 Å². The summed E-state index contributed by atoms with van der Waals surface area (Å²) in [5.41, 5.74) is 0.642. The van der Waals surface area contributed by atoms with Crippen molar-refractivity contribution in [2.75, 3.05) is 5.32 Å². The number of aliphatic hydroxyl groups is 1. The molecule has 0 bridgehead atoms. The molecule has 0 aromatic heterocycles. The fourth-order valence-electron chi connectivity index (χ4n) is 3.52. The summed E-state index contributed by atoms with van der Waals surface area (Å²) in [6.07, 6.45) is 14.4. The molecule has 0 aliphatic rings. The first-order valence-electron chi connectivity index (χ1n) is 11.9. The van der Waals surface area contributed by atoms with E-state index in [2.05, 4.69) is 17.6 Å². The number of aliphatic hydroxyl groups excluding tert-OH is 1. The number of rotatable bonds is 17. The van der Waals surface area contributed by atoms with Gasteiger partial charge in [-0.15, -0.1) is 0 Å². The maximum Gasteiger partial charge on any atom is 0.249 e. The SMILES string of the molecule is CCCCCCCCCCCCCCC(=O)N[C@H](C(=O)Nc1ccccc1)[C@@H](C)O. The lowest BCUT2D eigenvalue weighted by atomic mass is 10.0. The van der Waals surface area contributed by atoms with E-state index >= 15 is 0 Å². The van der Waals surface area contributed by atoms with Crippen LogP contribution in [0.25, 0.3) is 0 Å². The Morgan fingerprint density at radius 2 is 1.33 bits per heavy atom. The summed E-state index contributed by atoms with van der Waals surface area (Å²) >= 11 is 0. The number of unbranched alkanes of at least 4 members (excludes halogenated alkanes) is 11. The van der Waals surface area contributed by atoms with Crippen LogP contribution in [-0.4, -0.2) is 29.1 Å². The zero-order valence-corrected chi connectivity index (χ0v) is 19.0. The number of hydrogen-bond donors (Lipinski definition) is 3. The molecule has 5 nitrogen and oxygen atoms in total. The third-order valence-electron chi connectivity index (χ3n) is 5.38. The standard InChI is InChI=1S/C25H42N2O3/c1-3-4-5-6-7-8-9-10-11-12-13-17-20-23(29)27-24(21(2)28)25(30)26-22-18-15-14-16-19-22/h14-16,18-19,21,24,28H,3-13,17,20H2,1-2H3,(H,26,30)(H,27,29)/t21-,24+/m1/s1. The van der Waals surface area contributed by atoms with Crippen LogP contribution in [0.2, 0.25) is 0 Å². The Hall–Kier alpha value is -1.88. The van der Waals surface area contributed by atoms with Crippen LogP contribution in [0, 0.1) is 0 Å². The molecule has 2 atom stereocenters. The van der Waals surface area contributed by atoms with Crippen molar-refractivity contribution in [3.8, 4) is 0 Å². The van der Waals surface area contributed by atoms with Crippen molar-refractivity contribution < 1.29 is 14.7 Å². The summed E-state index contributed by atoms with van der Waals surface area (Å²) in [6, 6.07) is 8.09. The minimum Gasteiger partial charge on any atom is -0.391 e. The smallest absolute Gasteiger partial charge is 0.249 e. The Morgan fingerprint density at radius 3 is 1.83 bits per heavy atom. The average Bonchev–Trinajstić information content (AvgIpc) is 2.73. The van der Waals surface area contributed by atoms with Gasteiger partial charge in [0.2, 0.25) is 11.8 Å². The van der Waals surface area contributed by atoms with Gasteiger partial charge >= 0.3 is 0 Å². The zero-order valence-electron chi connectivity index (χ0n) is 19.0. The summed E-state index contributed by atoms with van der Waals surface area (Å²) in [6.45, 7) is 3.76. The molecule has 0 saturated heterocycles. The van der Waals surface area contributed by atoms with Crippen molar-refractivity contribution >= 4 is 17.5 Å². The van der Waals surface area contributed by atoms with E-state index in [0.717, 1.165) is 19.3 Å². The Kier molecular flexibility index (Phi) is 14.7. The quantitative estimate of drug-likeness (QED) is 0.289. The van der Waals surface area contributed by atoms with Crippen LogP contribution in [0.5, 0.6) is 0 Å². The fourth-order valence-corrected chi connectivity index (χ4v) is 3.52. The lowest BCUT2D eigenvalue weighted by molar-refractivity contribution is -0.128. The number of benzene rings is 1. The lowest BCUT2D eigenvalue weighted by Gasteiger charge is -2.21. The number of anilines is 1. The lowest BCUT2D eigenvalue weighted by Crippen LogP contribution is -2.50. The second kappa shape index (κ2) is 16.9. The Labute approximate surface area is 183 Å². The summed E-state index contributed by atoms with van der Waals surface area (Å²) < 4.78 is 0. The predicted octanol–water partition coefficient (Wildman–Crippen LogP) is 5.58. The van der Waals surface area contributed by atoms with Gasteiger partial charge < -0.3 is 15.7 Å². The zero-order chi connectivity index (χ0) is 22.0. The minimum atomic E-state index is -0.959. The molecule has 5 heteroatoms. The van der Waals surface area contributed by atoms with E-state index in [0.29, 0.717) is 12.1 Å². The number of carbonyl (C=O) groups excluding carboxylic acids is 2. The van der Waals surface area contributed by atoms with Gasteiger partial charge in [0.05, 0.1) is 6.10 Å². The van der Waals surface area contributed by atoms with E-state index in [4.69, 9.17) is 0 Å². The number of amides is 2. The molecular weight excluding hydrogens is 376 g/mol. The first-order chi connectivity index (χ1) is 14.5. The minimum absolute atomic E-state index is 0.184. The van der Waals surface area contributed by atoms with Crippen molar-refractivity contribution in [1.82, 2.24) is 5.32 Å². The molecule has 0 fully saturated rings. The number of hydrogen-bond acceptors (Lipinski definition) is 3. The van der Waals surface area contributed by atoms with Gasteiger partial charge in [0, 0.05) is 12.1 Å². The molecule has 1 aromatic rings. The maximum atomic E-state index is 12.4. The van der Waals surface area contributed by atoms with Gasteiger partial charge in [-0.1, -0.05) is 95.8 Å². The van der Waals surface area contributed by atoms with Crippen molar-refractivity contribution in [2.45, 2.75) is 109 Å². The highest BCUT2D eigenvalue weighted by Crippen LogP contribution is 2.13. The monoisotopic (exact) mass is 418 g/mol. The first kappa shape index (κ1) is 26.2. The largest absolute Gasteiger partial charge is 0.391 e. The van der Waals surface area contributed by atoms with Gasteiger partial charge in [-0.25, -0.2) is 0 Å². The van der Waals surface area contributed by atoms with Crippen molar-refractivity contribution in [1.29, 1.82) is 0 Å². The topological polar surface area (TPSA) is 78.4 Å². The summed E-state index contributed by atoms with van der Waals surface area (Å²) in [7, 11) is 0. The van der Waals surface area contributed by atoms with Crippen molar-refractivity contribution in [3.63, 3.8) is 0 Å². The second-order valence-corrected chi connectivity index (χ2v) is 8.28. The molecular formula is C25H42N2O3. The second-order valence-electron chi connectivity index (χ2n) is 8.28. The van der Waals surface area contributed by atoms with E-state index in [-0.39, 0.29) is 5.91 Å². The van der Waals surface area contributed by atoms with E-state index in [9.17, 15) is 14.7 Å². The van der Waals surface area contributed by atoms with E-state index in [1.165, 1.54) is 64.7 Å². The van der Waals surface area contributed by atoms with Crippen LogP contribution in [0.3, 0.4) is 0 Å². The molecule has 170 valence electrons. The number of nitrogens with one attached hydrogen (secondary N) is 2. The molecule has 1 rings (SSSR count). The van der Waals surface area contributed by atoms with Crippen molar-refractivity contribution in [3.05, 3.63) is 30.3 Å². The first-order valence-corrected chi connectivity index (χ1v) is 11.9. The van der Waals surface area contributed by atoms with E-state index < -0.39 is 18.1 Å². The fraction of sp³-hybridized carbons (Fsp3) is 0.680. The van der Waals surface area contributed by atoms with Gasteiger partial charge in [-0.2, -0.15) is 0 Å². The Bertz CT molecular complexity index is 575. The van der Waals surface area contributed by atoms with Gasteiger partial charge in [0.15, 0.2) is 0 Å². The van der Waals surface area contributed by atoms with Gasteiger partial charge in [-0.3, -0.25) is 9.59 Å². The van der Waals surface area contributed by atoms with Crippen LogP contribution in [0.4, 0.5) is 5.69 Å². The highest BCUT2D eigenvalue weighted by Gasteiger charge is 2.25. The Morgan fingerprint density at radius 1 is 0.833 bits per heavy atom. The summed E-state index contributed by atoms with van der Waals surface area (Å²) in [4.78, 5) is 24.6. The highest BCUT2D eigenvalue weighted by molar-refractivity contribution is 5.97. The molecule has 0 spiro atoms. The molecule has 30 heavy (non-hydrogen) atoms. The number of para-hydroxylation sites is 1. The molecule has 0 heterocycles. The molecule has 3 N–H and O–H groups in total. The van der Waals surface area contributed by atoms with Crippen molar-refractivity contribution in [2.24, 2.45) is 0 Å². The summed E-state index contributed by atoms with van der Waals surface area (Å²) in [5.74, 6) is -0.588. The highest BCUT2D eigenvalue weighted by atomic mass is 16.3. The molecule has 2 amide bonds. The van der Waals surface area contributed by atoms with Crippen LogP contribution in [0.15, 0.2) is 30.3 Å². The van der Waals surface area contributed by atoms with Gasteiger partial charge in [0.25, 0.3) is 0 Å². The van der Waals surface area contributed by atoms with E-state index in [1.54, 1.807) is 12.1 Å². The third kappa shape index (κ3) is 12.6. The molecule has 0 saturated carbocycles. The molecule has 0 radical (unpaired) electrons. The van der Waals surface area contributed by atoms with Crippen LogP contribution < -0.4 is 10.6 Å². The number of carbonyl (C=O) groups is 2. The third-order valence-corrected chi connectivity index (χ3v) is 5.38.